The Balaban J connectivity index is 1.75. The van der Waals surface area contributed by atoms with Gasteiger partial charge >= 0.3 is 0 Å². The maximum Gasteiger partial charge on any atom is 0.275 e. The van der Waals surface area contributed by atoms with Crippen LogP contribution in [0.3, 0.4) is 0 Å². The van der Waals surface area contributed by atoms with Crippen molar-refractivity contribution in [2.24, 2.45) is 0 Å². The number of hydrogen-bond acceptors (Lipinski definition) is 4. The van der Waals surface area contributed by atoms with Gasteiger partial charge in [0.25, 0.3) is 11.5 Å². The molecule has 3 heterocycles. The van der Waals surface area contributed by atoms with Gasteiger partial charge in [0.1, 0.15) is 11.5 Å². The molecule has 0 spiro atoms. The Labute approximate surface area is 180 Å². The van der Waals surface area contributed by atoms with Crippen molar-refractivity contribution in [1.29, 1.82) is 0 Å². The number of para-hydroxylation sites is 1. The monoisotopic (exact) mass is 415 g/mol. The number of aromatic amines is 1. The number of hydrogen-bond donors (Lipinski definition) is 2. The number of pyridine rings is 2. The zero-order chi connectivity index (χ0) is 22.1. The Kier molecular flexibility index (Phi) is 5.33. The maximum atomic E-state index is 13.5. The van der Waals surface area contributed by atoms with E-state index < -0.39 is 0 Å². The molecule has 0 radical (unpaired) electrons. The predicted molar refractivity (Wildman–Crippen MR) is 123 cm³/mol. The van der Waals surface area contributed by atoms with E-state index in [4.69, 9.17) is 5.73 Å². The van der Waals surface area contributed by atoms with E-state index in [1.807, 2.05) is 63.2 Å². The first-order valence-electron chi connectivity index (χ1n) is 10.2. The third-order valence-corrected chi connectivity index (χ3v) is 5.25. The Morgan fingerprint density at radius 3 is 2.58 bits per heavy atom. The highest BCUT2D eigenvalue weighted by molar-refractivity contribution is 6.05. The first kappa shape index (κ1) is 20.4. The van der Waals surface area contributed by atoms with Crippen molar-refractivity contribution in [2.45, 2.75) is 33.4 Å². The van der Waals surface area contributed by atoms with Crippen LogP contribution >= 0.6 is 0 Å². The number of carbonyl (C=O) groups excluding carboxylic acids is 1. The molecule has 31 heavy (non-hydrogen) atoms. The van der Waals surface area contributed by atoms with Gasteiger partial charge in [-0.2, -0.15) is 0 Å². The number of aryl methyl sites for hydroxylation is 1. The van der Waals surface area contributed by atoms with Crippen LogP contribution in [0.4, 0.5) is 11.5 Å². The third-order valence-electron chi connectivity index (χ3n) is 5.25. The molecule has 0 saturated heterocycles. The molecule has 0 aliphatic carbocycles. The molecule has 4 rings (SSSR count). The van der Waals surface area contributed by atoms with Gasteiger partial charge in [-0.3, -0.25) is 14.2 Å². The fraction of sp³-hybridized carbons (Fsp3) is 0.208. The van der Waals surface area contributed by atoms with Crippen LogP contribution in [-0.4, -0.2) is 26.5 Å². The lowest BCUT2D eigenvalue weighted by atomic mass is 10.2. The molecule has 158 valence electrons. The lowest BCUT2D eigenvalue weighted by Gasteiger charge is -2.28. The summed E-state index contributed by atoms with van der Waals surface area (Å²) in [4.78, 5) is 35.7. The number of nitrogen functional groups attached to an aromatic ring is 1. The molecule has 4 aromatic rings. The van der Waals surface area contributed by atoms with E-state index in [9.17, 15) is 9.59 Å². The molecule has 3 N–H and O–H groups in total. The quantitative estimate of drug-likeness (QED) is 0.519. The zero-order valence-corrected chi connectivity index (χ0v) is 17.8. The van der Waals surface area contributed by atoms with E-state index in [-0.39, 0.29) is 24.1 Å². The number of nitrogens with one attached hydrogen (secondary N) is 1. The van der Waals surface area contributed by atoms with Crippen molar-refractivity contribution in [3.05, 3.63) is 88.0 Å². The smallest absolute Gasteiger partial charge is 0.275 e. The number of aromatic nitrogens is 3. The Bertz CT molecular complexity index is 1270. The predicted octanol–water partition coefficient (Wildman–Crippen LogP) is 3.72. The number of H-pyrrole nitrogens is 1. The molecule has 7 heteroatoms. The number of nitrogens with two attached hydrogens (primary N) is 1. The lowest BCUT2D eigenvalue weighted by molar-refractivity contribution is 0.0970. The topological polar surface area (TPSA) is 97.0 Å². The molecule has 0 saturated carbocycles. The molecule has 0 unspecified atom stereocenters. The highest BCUT2D eigenvalue weighted by atomic mass is 16.2. The molecule has 1 amide bonds. The fourth-order valence-electron chi connectivity index (χ4n) is 3.71. The van der Waals surface area contributed by atoms with Crippen molar-refractivity contribution in [3.8, 4) is 0 Å². The van der Waals surface area contributed by atoms with E-state index >= 15 is 0 Å². The Morgan fingerprint density at radius 1 is 1.13 bits per heavy atom. The zero-order valence-electron chi connectivity index (χ0n) is 17.8. The first-order valence-corrected chi connectivity index (χ1v) is 10.2. The molecule has 3 aromatic heterocycles. The Hall–Kier alpha value is -3.87. The highest BCUT2D eigenvalue weighted by Gasteiger charge is 2.23. The van der Waals surface area contributed by atoms with Gasteiger partial charge in [0, 0.05) is 23.5 Å². The van der Waals surface area contributed by atoms with Crippen LogP contribution in [0.5, 0.6) is 0 Å². The highest BCUT2D eigenvalue weighted by Crippen LogP contribution is 2.21. The van der Waals surface area contributed by atoms with Gasteiger partial charge in [0.05, 0.1) is 17.6 Å². The molecule has 0 bridgehead atoms. The van der Waals surface area contributed by atoms with Gasteiger partial charge in [0.2, 0.25) is 0 Å². The summed E-state index contributed by atoms with van der Waals surface area (Å²) in [7, 11) is 0. The second-order valence-electron chi connectivity index (χ2n) is 7.86. The minimum Gasteiger partial charge on any atom is -0.383 e. The van der Waals surface area contributed by atoms with Crippen LogP contribution in [0.1, 0.15) is 35.6 Å². The molecule has 1 aromatic carbocycles. The number of rotatable bonds is 5. The molecular weight excluding hydrogens is 390 g/mol. The van der Waals surface area contributed by atoms with Gasteiger partial charge in [0.15, 0.2) is 0 Å². The number of amides is 1. The average molecular weight is 415 g/mol. The summed E-state index contributed by atoms with van der Waals surface area (Å²) in [6.07, 6.45) is 0. The summed E-state index contributed by atoms with van der Waals surface area (Å²) >= 11 is 0. The number of carbonyl (C=O) groups is 1. The van der Waals surface area contributed by atoms with E-state index in [1.165, 1.54) is 10.6 Å². The number of benzene rings is 1. The van der Waals surface area contributed by atoms with Crippen molar-refractivity contribution in [2.75, 3.05) is 10.6 Å². The molecule has 0 aliphatic heterocycles. The summed E-state index contributed by atoms with van der Waals surface area (Å²) in [6, 6.07) is 17.9. The van der Waals surface area contributed by atoms with Crippen molar-refractivity contribution in [1.82, 2.24) is 14.5 Å². The van der Waals surface area contributed by atoms with Gasteiger partial charge in [-0.05, 0) is 56.7 Å². The summed E-state index contributed by atoms with van der Waals surface area (Å²) < 4.78 is 1.49. The normalized spacial score (nSPS) is 11.2. The summed E-state index contributed by atoms with van der Waals surface area (Å²) in [5.41, 5.74) is 10.00. The molecule has 7 nitrogen and oxygen atoms in total. The van der Waals surface area contributed by atoms with E-state index in [0.717, 1.165) is 28.0 Å². The summed E-state index contributed by atoms with van der Waals surface area (Å²) in [5, 5.41) is 0. The largest absolute Gasteiger partial charge is 0.383 e. The molecule has 0 atom stereocenters. The SMILES string of the molecule is Cc1cc2[nH]c(Cn3c(C(=O)N(c4ccccc4)C(C)C)cccc3=O)cc2nc1N. The van der Waals surface area contributed by atoms with Crippen LogP contribution in [-0.2, 0) is 6.54 Å². The van der Waals surface area contributed by atoms with Crippen molar-refractivity contribution >= 4 is 28.4 Å². The molecule has 0 fully saturated rings. The van der Waals surface area contributed by atoms with Crippen LogP contribution in [0.2, 0.25) is 0 Å². The molecule has 0 aliphatic rings. The third kappa shape index (κ3) is 3.94. The van der Waals surface area contributed by atoms with Gasteiger partial charge in [-0.25, -0.2) is 4.98 Å². The Morgan fingerprint density at radius 2 is 1.87 bits per heavy atom. The summed E-state index contributed by atoms with van der Waals surface area (Å²) in [6.45, 7) is 6.01. The minimum atomic E-state index is -0.245. The van der Waals surface area contributed by atoms with Gasteiger partial charge in [-0.15, -0.1) is 0 Å². The fourth-order valence-corrected chi connectivity index (χ4v) is 3.71. The standard InChI is InChI=1S/C24H25N5O2/c1-15(2)29(18-8-5-4-6-9-18)24(31)21-10-7-11-22(30)28(21)14-17-13-20-19(26-17)12-16(3)23(25)27-20/h4-13,15,26H,14H2,1-3H3,(H2,25,27). The van der Waals surface area contributed by atoms with Gasteiger partial charge < -0.3 is 15.6 Å². The second kappa shape index (κ2) is 8.10. The van der Waals surface area contributed by atoms with Crippen LogP contribution in [0.15, 0.2) is 65.5 Å². The summed E-state index contributed by atoms with van der Waals surface area (Å²) in [5.74, 6) is 0.245. The van der Waals surface area contributed by atoms with Crippen LogP contribution in [0.25, 0.3) is 11.0 Å². The van der Waals surface area contributed by atoms with E-state index in [0.29, 0.717) is 11.5 Å². The average Bonchev–Trinajstić information content (AvgIpc) is 3.11. The van der Waals surface area contributed by atoms with Crippen molar-refractivity contribution < 1.29 is 4.79 Å². The number of nitrogens with zero attached hydrogens (tertiary/aromatic N) is 3. The maximum absolute atomic E-state index is 13.5. The van der Waals surface area contributed by atoms with Crippen LogP contribution < -0.4 is 16.2 Å². The van der Waals surface area contributed by atoms with E-state index in [1.54, 1.807) is 17.0 Å². The van der Waals surface area contributed by atoms with Crippen molar-refractivity contribution in [3.63, 3.8) is 0 Å². The van der Waals surface area contributed by atoms with Crippen LogP contribution in [0, 0.1) is 6.92 Å². The molecular formula is C24H25N5O2. The number of fused-ring (bicyclic) bond motifs is 1. The first-order chi connectivity index (χ1) is 14.8. The minimum absolute atomic E-state index is 0.0816. The lowest BCUT2D eigenvalue weighted by Crippen LogP contribution is -2.40. The van der Waals surface area contributed by atoms with E-state index in [2.05, 4.69) is 9.97 Å². The number of anilines is 2. The second-order valence-corrected chi connectivity index (χ2v) is 7.86. The van der Waals surface area contributed by atoms with Gasteiger partial charge in [-0.1, -0.05) is 24.3 Å².